The van der Waals surface area contributed by atoms with Gasteiger partial charge < -0.3 is 9.80 Å². The lowest BCUT2D eigenvalue weighted by molar-refractivity contribution is 0.165. The van der Waals surface area contributed by atoms with Crippen LogP contribution in [0.15, 0.2) is 0 Å². The van der Waals surface area contributed by atoms with Crippen molar-refractivity contribution in [2.75, 3.05) is 40.3 Å². The highest BCUT2D eigenvalue weighted by atomic mass is 15.1. The summed E-state index contributed by atoms with van der Waals surface area (Å²) < 4.78 is 0. The first-order chi connectivity index (χ1) is 8.75. The Hall–Kier alpha value is -0.0800. The molecule has 0 saturated carbocycles. The minimum absolute atomic E-state index is 1.01. The first-order valence-electron chi connectivity index (χ1n) is 8.13. The third kappa shape index (κ3) is 4.55. The fourth-order valence-electron chi connectivity index (χ4n) is 3.80. The number of likely N-dealkylation sites (tertiary alicyclic amines) is 2. The number of rotatable bonds is 1. The molecule has 0 N–H and O–H groups in total. The van der Waals surface area contributed by atoms with E-state index in [0.717, 1.165) is 11.8 Å². The summed E-state index contributed by atoms with van der Waals surface area (Å²) >= 11 is 0. The van der Waals surface area contributed by atoms with Gasteiger partial charge in [-0.2, -0.15) is 0 Å². The first-order valence-corrected chi connectivity index (χ1v) is 8.13. The molecule has 0 aliphatic carbocycles. The molecule has 2 rings (SSSR count). The van der Waals surface area contributed by atoms with Crippen molar-refractivity contribution in [1.29, 1.82) is 0 Å². The smallest absolute Gasteiger partial charge is 0.00190 e. The van der Waals surface area contributed by atoms with E-state index >= 15 is 0 Å². The Morgan fingerprint density at radius 3 is 1.44 bits per heavy atom. The summed E-state index contributed by atoms with van der Waals surface area (Å²) in [6, 6.07) is 0. The standard InChI is InChI=1S/C16H32N2/c1-17-11-5-3-7-15(9-13-17)16-8-4-6-12-18(2)14-10-16/h15-16H,3-14H2,1-2H3. The lowest BCUT2D eigenvalue weighted by Crippen LogP contribution is -2.31. The van der Waals surface area contributed by atoms with E-state index in [2.05, 4.69) is 23.9 Å². The van der Waals surface area contributed by atoms with E-state index in [-0.39, 0.29) is 0 Å². The lowest BCUT2D eigenvalue weighted by atomic mass is 9.79. The van der Waals surface area contributed by atoms with E-state index < -0.39 is 0 Å². The molecule has 18 heavy (non-hydrogen) atoms. The molecule has 2 heterocycles. The fourth-order valence-corrected chi connectivity index (χ4v) is 3.80. The van der Waals surface area contributed by atoms with E-state index in [0.29, 0.717) is 0 Å². The molecule has 0 aromatic rings. The first kappa shape index (κ1) is 14.3. The molecular weight excluding hydrogens is 220 g/mol. The fraction of sp³-hybridized carbons (Fsp3) is 1.00. The van der Waals surface area contributed by atoms with Crippen molar-refractivity contribution in [2.45, 2.75) is 51.4 Å². The Labute approximate surface area is 114 Å². The molecule has 0 amide bonds. The topological polar surface area (TPSA) is 6.48 Å². The van der Waals surface area contributed by atoms with Crippen molar-refractivity contribution < 1.29 is 0 Å². The van der Waals surface area contributed by atoms with E-state index in [4.69, 9.17) is 0 Å². The molecule has 0 bridgehead atoms. The Morgan fingerprint density at radius 2 is 1.00 bits per heavy atom. The summed E-state index contributed by atoms with van der Waals surface area (Å²) in [6.07, 6.45) is 11.7. The molecule has 2 unspecified atom stereocenters. The SMILES string of the molecule is CN1CCCCC(C2CCCCN(C)CC2)CC1. The van der Waals surface area contributed by atoms with Gasteiger partial charge in [0.1, 0.15) is 0 Å². The molecule has 0 aromatic heterocycles. The van der Waals surface area contributed by atoms with Gasteiger partial charge in [0.15, 0.2) is 0 Å². The molecule has 2 aliphatic rings. The Bertz CT molecular complexity index is 205. The molecule has 0 spiro atoms. The highest BCUT2D eigenvalue weighted by Crippen LogP contribution is 2.31. The molecular formula is C16H32N2. The summed E-state index contributed by atoms with van der Waals surface area (Å²) in [5.74, 6) is 2.03. The zero-order chi connectivity index (χ0) is 12.8. The van der Waals surface area contributed by atoms with Crippen molar-refractivity contribution in [3.8, 4) is 0 Å². The normalized spacial score (nSPS) is 34.3. The van der Waals surface area contributed by atoms with Crippen LogP contribution < -0.4 is 0 Å². The van der Waals surface area contributed by atoms with Crippen LogP contribution in [-0.2, 0) is 0 Å². The van der Waals surface area contributed by atoms with Crippen LogP contribution in [0.2, 0.25) is 0 Å². The average molecular weight is 252 g/mol. The molecule has 2 fully saturated rings. The molecule has 2 atom stereocenters. The van der Waals surface area contributed by atoms with Crippen molar-refractivity contribution in [3.05, 3.63) is 0 Å². The van der Waals surface area contributed by atoms with E-state index in [1.165, 1.54) is 77.5 Å². The lowest BCUT2D eigenvalue weighted by Gasteiger charge is -2.34. The number of nitrogens with zero attached hydrogens (tertiary/aromatic N) is 2. The van der Waals surface area contributed by atoms with Crippen LogP contribution in [0.3, 0.4) is 0 Å². The summed E-state index contributed by atoms with van der Waals surface area (Å²) in [4.78, 5) is 5.09. The molecule has 2 aliphatic heterocycles. The Morgan fingerprint density at radius 1 is 0.556 bits per heavy atom. The highest BCUT2D eigenvalue weighted by Gasteiger charge is 2.24. The second-order valence-corrected chi connectivity index (χ2v) is 6.70. The van der Waals surface area contributed by atoms with Crippen LogP contribution in [-0.4, -0.2) is 50.1 Å². The van der Waals surface area contributed by atoms with Crippen LogP contribution in [0.4, 0.5) is 0 Å². The van der Waals surface area contributed by atoms with Crippen LogP contribution >= 0.6 is 0 Å². The zero-order valence-corrected chi connectivity index (χ0v) is 12.5. The minimum Gasteiger partial charge on any atom is -0.306 e. The number of hydrogen-bond donors (Lipinski definition) is 0. The van der Waals surface area contributed by atoms with Crippen molar-refractivity contribution in [1.82, 2.24) is 9.80 Å². The Balaban J connectivity index is 1.86. The maximum absolute atomic E-state index is 2.54. The summed E-state index contributed by atoms with van der Waals surface area (Å²) in [7, 11) is 4.60. The van der Waals surface area contributed by atoms with Gasteiger partial charge in [-0.25, -0.2) is 0 Å². The zero-order valence-electron chi connectivity index (χ0n) is 12.5. The average Bonchev–Trinajstić information content (AvgIpc) is 2.31. The van der Waals surface area contributed by atoms with Gasteiger partial charge in [0.05, 0.1) is 0 Å². The van der Waals surface area contributed by atoms with Gasteiger partial charge in [0, 0.05) is 0 Å². The highest BCUT2D eigenvalue weighted by molar-refractivity contribution is 4.76. The molecule has 0 radical (unpaired) electrons. The second kappa shape index (κ2) is 7.49. The van der Waals surface area contributed by atoms with E-state index in [1.54, 1.807) is 0 Å². The second-order valence-electron chi connectivity index (χ2n) is 6.70. The third-order valence-corrected chi connectivity index (χ3v) is 5.16. The summed E-state index contributed by atoms with van der Waals surface area (Å²) in [5, 5.41) is 0. The molecule has 106 valence electrons. The molecule has 2 saturated heterocycles. The van der Waals surface area contributed by atoms with Crippen LogP contribution in [0.25, 0.3) is 0 Å². The molecule has 0 aromatic carbocycles. The van der Waals surface area contributed by atoms with Crippen LogP contribution in [0.1, 0.15) is 51.4 Å². The third-order valence-electron chi connectivity index (χ3n) is 5.16. The van der Waals surface area contributed by atoms with Gasteiger partial charge in [-0.1, -0.05) is 25.7 Å². The van der Waals surface area contributed by atoms with Crippen LogP contribution in [0, 0.1) is 11.8 Å². The van der Waals surface area contributed by atoms with Gasteiger partial charge in [-0.3, -0.25) is 0 Å². The molecule has 2 nitrogen and oxygen atoms in total. The maximum atomic E-state index is 2.54. The van der Waals surface area contributed by atoms with Gasteiger partial charge >= 0.3 is 0 Å². The predicted octanol–water partition coefficient (Wildman–Crippen LogP) is 3.23. The van der Waals surface area contributed by atoms with Crippen molar-refractivity contribution in [3.63, 3.8) is 0 Å². The number of hydrogen-bond acceptors (Lipinski definition) is 2. The van der Waals surface area contributed by atoms with E-state index in [9.17, 15) is 0 Å². The van der Waals surface area contributed by atoms with Gasteiger partial charge in [-0.15, -0.1) is 0 Å². The van der Waals surface area contributed by atoms with Gasteiger partial charge in [-0.05, 0) is 77.8 Å². The summed E-state index contributed by atoms with van der Waals surface area (Å²) in [6.45, 7) is 5.30. The predicted molar refractivity (Wildman–Crippen MR) is 78.9 cm³/mol. The molecule has 2 heteroatoms. The van der Waals surface area contributed by atoms with Crippen LogP contribution in [0.5, 0.6) is 0 Å². The monoisotopic (exact) mass is 252 g/mol. The van der Waals surface area contributed by atoms with Crippen molar-refractivity contribution in [2.24, 2.45) is 11.8 Å². The minimum atomic E-state index is 1.01. The quantitative estimate of drug-likeness (QED) is 0.707. The maximum Gasteiger partial charge on any atom is -0.00190 e. The van der Waals surface area contributed by atoms with Crippen molar-refractivity contribution >= 4 is 0 Å². The Kier molecular flexibility index (Phi) is 5.97. The van der Waals surface area contributed by atoms with Gasteiger partial charge in [0.25, 0.3) is 0 Å². The largest absolute Gasteiger partial charge is 0.306 e. The summed E-state index contributed by atoms with van der Waals surface area (Å²) in [5.41, 5.74) is 0. The van der Waals surface area contributed by atoms with E-state index in [1.807, 2.05) is 0 Å². The van der Waals surface area contributed by atoms with Gasteiger partial charge in [0.2, 0.25) is 0 Å².